The van der Waals surface area contributed by atoms with Crippen molar-refractivity contribution in [2.24, 2.45) is 5.73 Å². The standard InChI is InChI=1S/C8H6N2O4/c9-8(12)6-1-5(4-11)2-7(3-6)10(13)14/h1-4H,(H2,9,12). The topological polar surface area (TPSA) is 103 Å². The summed E-state index contributed by atoms with van der Waals surface area (Å²) in [7, 11) is 0. The van der Waals surface area contributed by atoms with Gasteiger partial charge >= 0.3 is 0 Å². The van der Waals surface area contributed by atoms with Crippen molar-refractivity contribution >= 4 is 17.9 Å². The highest BCUT2D eigenvalue weighted by Crippen LogP contribution is 2.15. The van der Waals surface area contributed by atoms with Crippen LogP contribution in [0.25, 0.3) is 0 Å². The first-order chi connectivity index (χ1) is 6.54. The van der Waals surface area contributed by atoms with Crippen molar-refractivity contribution in [2.45, 2.75) is 0 Å². The molecule has 0 aliphatic rings. The van der Waals surface area contributed by atoms with Crippen molar-refractivity contribution in [3.8, 4) is 0 Å². The molecule has 0 fully saturated rings. The average molecular weight is 194 g/mol. The van der Waals surface area contributed by atoms with E-state index in [-0.39, 0.29) is 16.8 Å². The van der Waals surface area contributed by atoms with Crippen LogP contribution in [0.1, 0.15) is 20.7 Å². The molecule has 0 spiro atoms. The average Bonchev–Trinajstić information content (AvgIpc) is 2.16. The van der Waals surface area contributed by atoms with Crippen molar-refractivity contribution in [1.29, 1.82) is 0 Å². The van der Waals surface area contributed by atoms with Gasteiger partial charge in [0.2, 0.25) is 5.91 Å². The molecule has 1 aromatic carbocycles. The minimum Gasteiger partial charge on any atom is -0.366 e. The number of nitrogens with zero attached hydrogens (tertiary/aromatic N) is 1. The number of rotatable bonds is 3. The van der Waals surface area contributed by atoms with Gasteiger partial charge in [0, 0.05) is 23.3 Å². The van der Waals surface area contributed by atoms with Crippen LogP contribution in [-0.2, 0) is 0 Å². The van der Waals surface area contributed by atoms with Crippen LogP contribution in [0.15, 0.2) is 18.2 Å². The molecule has 0 saturated heterocycles. The van der Waals surface area contributed by atoms with Crippen LogP contribution in [-0.4, -0.2) is 17.1 Å². The highest BCUT2D eigenvalue weighted by molar-refractivity contribution is 5.95. The highest BCUT2D eigenvalue weighted by Gasteiger charge is 2.11. The second kappa shape index (κ2) is 3.65. The Balaban J connectivity index is 3.34. The molecule has 0 aromatic heterocycles. The maximum absolute atomic E-state index is 10.7. The van der Waals surface area contributed by atoms with E-state index < -0.39 is 10.8 Å². The van der Waals surface area contributed by atoms with Gasteiger partial charge in [0.1, 0.15) is 6.29 Å². The van der Waals surface area contributed by atoms with Gasteiger partial charge in [0.25, 0.3) is 5.69 Å². The Morgan fingerprint density at radius 2 is 2.07 bits per heavy atom. The Morgan fingerprint density at radius 1 is 1.43 bits per heavy atom. The van der Waals surface area contributed by atoms with Crippen LogP contribution in [0.2, 0.25) is 0 Å². The fourth-order valence-electron chi connectivity index (χ4n) is 0.950. The van der Waals surface area contributed by atoms with E-state index in [4.69, 9.17) is 5.73 Å². The maximum atomic E-state index is 10.7. The van der Waals surface area contributed by atoms with E-state index in [1.807, 2.05) is 0 Å². The molecule has 0 saturated carbocycles. The van der Waals surface area contributed by atoms with Gasteiger partial charge in [0.05, 0.1) is 4.92 Å². The number of hydrogen-bond donors (Lipinski definition) is 1. The molecule has 0 radical (unpaired) electrons. The summed E-state index contributed by atoms with van der Waals surface area (Å²) in [5, 5.41) is 10.4. The first-order valence-electron chi connectivity index (χ1n) is 3.59. The molecule has 0 aliphatic heterocycles. The SMILES string of the molecule is NC(=O)c1cc(C=O)cc([N+](=O)[O-])c1. The second-order valence-electron chi connectivity index (χ2n) is 2.55. The third-order valence-corrected chi connectivity index (χ3v) is 1.57. The van der Waals surface area contributed by atoms with E-state index in [0.717, 1.165) is 12.1 Å². The number of carbonyl (C=O) groups excluding carboxylic acids is 2. The molecule has 0 atom stereocenters. The van der Waals surface area contributed by atoms with Gasteiger partial charge in [-0.3, -0.25) is 19.7 Å². The van der Waals surface area contributed by atoms with Gasteiger partial charge in [0.15, 0.2) is 0 Å². The van der Waals surface area contributed by atoms with E-state index in [2.05, 4.69) is 0 Å². The summed E-state index contributed by atoms with van der Waals surface area (Å²) in [5.74, 6) is -0.809. The van der Waals surface area contributed by atoms with Gasteiger partial charge in [-0.1, -0.05) is 0 Å². The molecule has 1 amide bonds. The lowest BCUT2D eigenvalue weighted by molar-refractivity contribution is -0.384. The maximum Gasteiger partial charge on any atom is 0.270 e. The van der Waals surface area contributed by atoms with Crippen LogP contribution in [0.5, 0.6) is 0 Å². The molecular weight excluding hydrogens is 188 g/mol. The number of aldehydes is 1. The number of hydrogen-bond acceptors (Lipinski definition) is 4. The van der Waals surface area contributed by atoms with Crippen molar-refractivity contribution in [2.75, 3.05) is 0 Å². The monoisotopic (exact) mass is 194 g/mol. The molecule has 1 rings (SSSR count). The normalized spacial score (nSPS) is 9.43. The molecule has 14 heavy (non-hydrogen) atoms. The minimum atomic E-state index is -0.809. The number of nitrogens with two attached hydrogens (primary N) is 1. The van der Waals surface area contributed by atoms with E-state index in [1.165, 1.54) is 6.07 Å². The fraction of sp³-hybridized carbons (Fsp3) is 0. The molecule has 0 aliphatic carbocycles. The largest absolute Gasteiger partial charge is 0.366 e. The third kappa shape index (κ3) is 1.92. The van der Waals surface area contributed by atoms with Crippen LogP contribution >= 0.6 is 0 Å². The number of carbonyl (C=O) groups is 2. The third-order valence-electron chi connectivity index (χ3n) is 1.57. The van der Waals surface area contributed by atoms with Crippen molar-refractivity contribution in [1.82, 2.24) is 0 Å². The van der Waals surface area contributed by atoms with Crippen LogP contribution in [0.4, 0.5) is 5.69 Å². The van der Waals surface area contributed by atoms with Gasteiger partial charge in [-0.2, -0.15) is 0 Å². The molecule has 1 aromatic rings. The summed E-state index contributed by atoms with van der Waals surface area (Å²) in [6, 6.07) is 3.29. The van der Waals surface area contributed by atoms with E-state index in [1.54, 1.807) is 0 Å². The van der Waals surface area contributed by atoms with Crippen molar-refractivity contribution in [3.05, 3.63) is 39.4 Å². The van der Waals surface area contributed by atoms with Gasteiger partial charge in [-0.15, -0.1) is 0 Å². The fourth-order valence-corrected chi connectivity index (χ4v) is 0.950. The Bertz CT molecular complexity index is 382. The quantitative estimate of drug-likeness (QED) is 0.430. The molecule has 6 nitrogen and oxygen atoms in total. The molecule has 0 heterocycles. The number of amides is 1. The Kier molecular flexibility index (Phi) is 2.57. The van der Waals surface area contributed by atoms with Crippen molar-refractivity contribution in [3.63, 3.8) is 0 Å². The number of nitro groups is 1. The number of benzene rings is 1. The number of non-ortho nitro benzene ring substituents is 1. The zero-order valence-electron chi connectivity index (χ0n) is 6.97. The molecule has 6 heteroatoms. The van der Waals surface area contributed by atoms with Crippen LogP contribution in [0.3, 0.4) is 0 Å². The summed E-state index contributed by atoms with van der Waals surface area (Å²) in [4.78, 5) is 30.8. The van der Waals surface area contributed by atoms with Gasteiger partial charge < -0.3 is 5.73 Å². The molecule has 0 bridgehead atoms. The Morgan fingerprint density at radius 3 is 2.50 bits per heavy atom. The lowest BCUT2D eigenvalue weighted by Crippen LogP contribution is -2.11. The van der Waals surface area contributed by atoms with Gasteiger partial charge in [-0.25, -0.2) is 0 Å². The number of nitro benzene ring substituents is 1. The summed E-state index contributed by atoms with van der Waals surface area (Å²) < 4.78 is 0. The smallest absolute Gasteiger partial charge is 0.270 e. The first-order valence-corrected chi connectivity index (χ1v) is 3.59. The van der Waals surface area contributed by atoms with Gasteiger partial charge in [-0.05, 0) is 6.07 Å². The van der Waals surface area contributed by atoms with E-state index >= 15 is 0 Å². The summed E-state index contributed by atoms with van der Waals surface area (Å²) >= 11 is 0. The van der Waals surface area contributed by atoms with E-state index in [9.17, 15) is 19.7 Å². The first kappa shape index (κ1) is 9.85. The summed E-state index contributed by atoms with van der Waals surface area (Å²) in [6.45, 7) is 0. The van der Waals surface area contributed by atoms with Crippen molar-refractivity contribution < 1.29 is 14.5 Å². The lowest BCUT2D eigenvalue weighted by Gasteiger charge is -1.97. The van der Waals surface area contributed by atoms with E-state index in [0.29, 0.717) is 6.29 Å². The Labute approximate surface area is 78.5 Å². The minimum absolute atomic E-state index is 0.0491. The summed E-state index contributed by atoms with van der Waals surface area (Å²) in [6.07, 6.45) is 0.416. The number of primary amides is 1. The Hall–Kier alpha value is -2.24. The lowest BCUT2D eigenvalue weighted by atomic mass is 10.1. The molecule has 2 N–H and O–H groups in total. The zero-order valence-corrected chi connectivity index (χ0v) is 6.97. The predicted octanol–water partition coefficient (Wildman–Crippen LogP) is 0.506. The molecular formula is C8H6N2O4. The molecule has 0 unspecified atom stereocenters. The molecule has 72 valence electrons. The summed E-state index contributed by atoms with van der Waals surface area (Å²) in [5.41, 5.74) is 4.59. The van der Waals surface area contributed by atoms with Crippen LogP contribution < -0.4 is 5.73 Å². The predicted molar refractivity (Wildman–Crippen MR) is 47.0 cm³/mol. The van der Waals surface area contributed by atoms with Crippen LogP contribution in [0, 0.1) is 10.1 Å². The second-order valence-corrected chi connectivity index (χ2v) is 2.55. The zero-order chi connectivity index (χ0) is 10.7. The highest BCUT2D eigenvalue weighted by atomic mass is 16.6.